The summed E-state index contributed by atoms with van der Waals surface area (Å²) in [6.07, 6.45) is 6.72. The van der Waals surface area contributed by atoms with Crippen molar-refractivity contribution in [3.63, 3.8) is 0 Å². The molecule has 1 fully saturated rings. The fourth-order valence-corrected chi connectivity index (χ4v) is 3.63. The van der Waals surface area contributed by atoms with Crippen molar-refractivity contribution < 1.29 is 9.84 Å². The minimum atomic E-state index is -0.960. The molecule has 3 nitrogen and oxygen atoms in total. The number of para-hydroxylation sites is 1. The number of ether oxygens (including phenoxy) is 1. The fourth-order valence-electron chi connectivity index (χ4n) is 3.63. The van der Waals surface area contributed by atoms with Gasteiger partial charge in [-0.05, 0) is 25.8 Å². The van der Waals surface area contributed by atoms with E-state index in [2.05, 4.69) is 0 Å². The quantitative estimate of drug-likeness (QED) is 0.831. The van der Waals surface area contributed by atoms with E-state index in [1.165, 1.54) is 12.8 Å². The summed E-state index contributed by atoms with van der Waals surface area (Å²) < 4.78 is 5.44. The second-order valence-corrected chi connectivity index (χ2v) is 6.17. The molecule has 0 bridgehead atoms. The first-order valence-corrected chi connectivity index (χ1v) is 7.63. The van der Waals surface area contributed by atoms with Gasteiger partial charge in [0.05, 0.1) is 12.7 Å². The predicted octanol–water partition coefficient (Wildman–Crippen LogP) is 3.20. The molecule has 1 atom stereocenters. The van der Waals surface area contributed by atoms with Crippen LogP contribution in [0.3, 0.4) is 0 Å². The molecule has 112 valence electrons. The van der Waals surface area contributed by atoms with Gasteiger partial charge in [-0.15, -0.1) is 0 Å². The Balaban J connectivity index is 2.44. The van der Waals surface area contributed by atoms with E-state index >= 15 is 0 Å². The average molecular weight is 277 g/mol. The largest absolute Gasteiger partial charge is 0.496 e. The van der Waals surface area contributed by atoms with E-state index in [1.54, 1.807) is 7.11 Å². The Kier molecular flexibility index (Phi) is 4.71. The van der Waals surface area contributed by atoms with Crippen molar-refractivity contribution in [3.8, 4) is 5.75 Å². The van der Waals surface area contributed by atoms with Crippen molar-refractivity contribution in [2.45, 2.75) is 51.0 Å². The lowest BCUT2D eigenvalue weighted by molar-refractivity contribution is -0.0826. The standard InChI is InChI=1S/C17H27NO2/c1-16(19,14-9-5-6-10-15(14)20-2)17(13-18)11-7-3-4-8-12-17/h5-6,9-10,19H,3-4,7-8,11-13,18H2,1-2H3. The Hall–Kier alpha value is -1.06. The van der Waals surface area contributed by atoms with Crippen molar-refractivity contribution >= 4 is 0 Å². The van der Waals surface area contributed by atoms with Gasteiger partial charge < -0.3 is 15.6 Å². The zero-order valence-corrected chi connectivity index (χ0v) is 12.7. The maximum absolute atomic E-state index is 11.3. The van der Waals surface area contributed by atoms with Crippen LogP contribution in [0.2, 0.25) is 0 Å². The van der Waals surface area contributed by atoms with Crippen LogP contribution in [0.15, 0.2) is 24.3 Å². The molecule has 0 aromatic heterocycles. The van der Waals surface area contributed by atoms with Gasteiger partial charge in [0, 0.05) is 17.5 Å². The molecule has 0 aliphatic heterocycles. The lowest BCUT2D eigenvalue weighted by Crippen LogP contribution is -2.48. The summed E-state index contributed by atoms with van der Waals surface area (Å²) in [5, 5.41) is 11.3. The smallest absolute Gasteiger partial charge is 0.124 e. The van der Waals surface area contributed by atoms with Gasteiger partial charge >= 0.3 is 0 Å². The third-order valence-corrected chi connectivity index (χ3v) is 5.12. The van der Waals surface area contributed by atoms with Crippen LogP contribution in [-0.4, -0.2) is 18.8 Å². The van der Waals surface area contributed by atoms with Gasteiger partial charge in [0.15, 0.2) is 0 Å². The number of hydrogen-bond acceptors (Lipinski definition) is 3. The second-order valence-electron chi connectivity index (χ2n) is 6.17. The van der Waals surface area contributed by atoms with Crippen molar-refractivity contribution in [2.75, 3.05) is 13.7 Å². The highest BCUT2D eigenvalue weighted by atomic mass is 16.5. The van der Waals surface area contributed by atoms with E-state index in [-0.39, 0.29) is 5.41 Å². The predicted molar refractivity (Wildman–Crippen MR) is 81.8 cm³/mol. The first-order chi connectivity index (χ1) is 9.57. The minimum absolute atomic E-state index is 0.252. The Morgan fingerprint density at radius 3 is 2.35 bits per heavy atom. The average Bonchev–Trinajstić information content (AvgIpc) is 2.73. The van der Waals surface area contributed by atoms with Crippen LogP contribution in [0.1, 0.15) is 51.0 Å². The lowest BCUT2D eigenvalue weighted by Gasteiger charge is -2.45. The first-order valence-electron chi connectivity index (χ1n) is 7.63. The van der Waals surface area contributed by atoms with Crippen LogP contribution in [-0.2, 0) is 5.60 Å². The number of nitrogens with two attached hydrogens (primary N) is 1. The van der Waals surface area contributed by atoms with Crippen LogP contribution in [0.4, 0.5) is 0 Å². The maximum atomic E-state index is 11.3. The number of benzene rings is 1. The molecule has 1 aliphatic rings. The molecule has 0 heterocycles. The number of aliphatic hydroxyl groups is 1. The Morgan fingerprint density at radius 1 is 1.20 bits per heavy atom. The van der Waals surface area contributed by atoms with E-state index in [0.717, 1.165) is 37.0 Å². The molecule has 1 aliphatic carbocycles. The highest BCUT2D eigenvalue weighted by Crippen LogP contribution is 2.50. The summed E-state index contributed by atoms with van der Waals surface area (Å²) in [5.41, 5.74) is 5.77. The van der Waals surface area contributed by atoms with E-state index in [1.807, 2.05) is 31.2 Å². The van der Waals surface area contributed by atoms with Gasteiger partial charge in [-0.3, -0.25) is 0 Å². The van der Waals surface area contributed by atoms with Crippen LogP contribution in [0.25, 0.3) is 0 Å². The van der Waals surface area contributed by atoms with E-state index in [0.29, 0.717) is 6.54 Å². The molecule has 3 N–H and O–H groups in total. The molecule has 0 saturated heterocycles. The molecule has 1 unspecified atom stereocenters. The van der Waals surface area contributed by atoms with E-state index in [9.17, 15) is 5.11 Å². The summed E-state index contributed by atoms with van der Waals surface area (Å²) >= 11 is 0. The summed E-state index contributed by atoms with van der Waals surface area (Å²) in [7, 11) is 1.65. The third-order valence-electron chi connectivity index (χ3n) is 5.12. The maximum Gasteiger partial charge on any atom is 0.124 e. The molecule has 0 amide bonds. The molecular formula is C17H27NO2. The molecular weight excluding hydrogens is 250 g/mol. The monoisotopic (exact) mass is 277 g/mol. The van der Waals surface area contributed by atoms with Gasteiger partial charge in [0.1, 0.15) is 5.75 Å². The second kappa shape index (κ2) is 6.15. The Bertz CT molecular complexity index is 434. The van der Waals surface area contributed by atoms with Crippen LogP contribution >= 0.6 is 0 Å². The SMILES string of the molecule is COc1ccccc1C(C)(O)C1(CN)CCCCCC1. The van der Waals surface area contributed by atoms with Crippen LogP contribution < -0.4 is 10.5 Å². The van der Waals surface area contributed by atoms with E-state index in [4.69, 9.17) is 10.5 Å². The molecule has 0 radical (unpaired) electrons. The molecule has 0 spiro atoms. The van der Waals surface area contributed by atoms with Gasteiger partial charge in [0.25, 0.3) is 0 Å². The normalized spacial score (nSPS) is 21.8. The molecule has 2 rings (SSSR count). The summed E-state index contributed by atoms with van der Waals surface area (Å²) in [6.45, 7) is 2.42. The summed E-state index contributed by atoms with van der Waals surface area (Å²) in [5.74, 6) is 0.745. The highest BCUT2D eigenvalue weighted by molar-refractivity contribution is 5.39. The molecule has 20 heavy (non-hydrogen) atoms. The molecule has 1 aromatic rings. The number of rotatable bonds is 4. The topological polar surface area (TPSA) is 55.5 Å². The Morgan fingerprint density at radius 2 is 1.80 bits per heavy atom. The van der Waals surface area contributed by atoms with Gasteiger partial charge in [-0.25, -0.2) is 0 Å². The Labute approximate surface area is 122 Å². The van der Waals surface area contributed by atoms with Gasteiger partial charge in [-0.2, -0.15) is 0 Å². The van der Waals surface area contributed by atoms with Crippen molar-refractivity contribution in [1.29, 1.82) is 0 Å². The van der Waals surface area contributed by atoms with Crippen LogP contribution in [0.5, 0.6) is 5.75 Å². The van der Waals surface area contributed by atoms with Crippen molar-refractivity contribution in [3.05, 3.63) is 29.8 Å². The third kappa shape index (κ3) is 2.57. The highest BCUT2D eigenvalue weighted by Gasteiger charge is 2.48. The zero-order chi connectivity index (χ0) is 14.6. The summed E-state index contributed by atoms with van der Waals surface area (Å²) in [4.78, 5) is 0. The first kappa shape index (κ1) is 15.3. The number of methoxy groups -OCH3 is 1. The number of hydrogen-bond donors (Lipinski definition) is 2. The zero-order valence-electron chi connectivity index (χ0n) is 12.7. The van der Waals surface area contributed by atoms with Crippen molar-refractivity contribution in [1.82, 2.24) is 0 Å². The molecule has 1 aromatic carbocycles. The van der Waals surface area contributed by atoms with Gasteiger partial charge in [-0.1, -0.05) is 43.9 Å². The summed E-state index contributed by atoms with van der Waals surface area (Å²) in [6, 6.07) is 7.75. The minimum Gasteiger partial charge on any atom is -0.496 e. The van der Waals surface area contributed by atoms with E-state index < -0.39 is 5.60 Å². The van der Waals surface area contributed by atoms with Crippen molar-refractivity contribution in [2.24, 2.45) is 11.1 Å². The van der Waals surface area contributed by atoms with Crippen LogP contribution in [0, 0.1) is 5.41 Å². The fraction of sp³-hybridized carbons (Fsp3) is 0.647. The lowest BCUT2D eigenvalue weighted by atomic mass is 9.64. The van der Waals surface area contributed by atoms with Gasteiger partial charge in [0.2, 0.25) is 0 Å². The molecule has 1 saturated carbocycles. The molecule has 3 heteroatoms.